The highest BCUT2D eigenvalue weighted by Crippen LogP contribution is 2.14. The molecule has 1 N–H and O–H groups in total. The summed E-state index contributed by atoms with van der Waals surface area (Å²) in [6, 6.07) is 0. The van der Waals surface area contributed by atoms with Crippen LogP contribution in [0.25, 0.3) is 0 Å². The van der Waals surface area contributed by atoms with E-state index in [9.17, 15) is 4.79 Å². The van der Waals surface area contributed by atoms with Crippen molar-refractivity contribution < 1.29 is 4.79 Å². The molecule has 0 bridgehead atoms. The number of piperidine rings is 1. The molecular weight excluding hydrogens is 178 g/mol. The summed E-state index contributed by atoms with van der Waals surface area (Å²) in [7, 11) is 1.90. The number of rotatable bonds is 2. The van der Waals surface area contributed by atoms with Crippen molar-refractivity contribution in [1.82, 2.24) is 15.1 Å². The molecule has 0 amide bonds. The number of hydrogen-bond acceptors (Lipinski definition) is 3. The van der Waals surface area contributed by atoms with Gasteiger partial charge >= 0.3 is 0 Å². The summed E-state index contributed by atoms with van der Waals surface area (Å²) < 4.78 is 1.78. The number of aromatic nitrogens is 2. The highest BCUT2D eigenvalue weighted by atomic mass is 16.1. The van der Waals surface area contributed by atoms with Crippen LogP contribution in [0.3, 0.4) is 0 Å². The average molecular weight is 193 g/mol. The molecule has 1 aromatic heterocycles. The first kappa shape index (κ1) is 9.40. The summed E-state index contributed by atoms with van der Waals surface area (Å²) in [5.74, 6) is 0.528. The number of nitrogens with zero attached hydrogens (tertiary/aromatic N) is 2. The summed E-state index contributed by atoms with van der Waals surface area (Å²) in [4.78, 5) is 11.5. The van der Waals surface area contributed by atoms with Gasteiger partial charge in [0.1, 0.15) is 5.78 Å². The van der Waals surface area contributed by atoms with Gasteiger partial charge in [0.05, 0.1) is 12.7 Å². The molecule has 1 saturated heterocycles. The van der Waals surface area contributed by atoms with Crippen LogP contribution >= 0.6 is 0 Å². The van der Waals surface area contributed by atoms with Crippen molar-refractivity contribution in [2.24, 2.45) is 13.0 Å². The third-order valence-corrected chi connectivity index (χ3v) is 2.66. The molecule has 14 heavy (non-hydrogen) atoms. The predicted molar refractivity (Wildman–Crippen MR) is 52.9 cm³/mol. The van der Waals surface area contributed by atoms with E-state index in [2.05, 4.69) is 10.4 Å². The first-order valence-electron chi connectivity index (χ1n) is 4.96. The van der Waals surface area contributed by atoms with Gasteiger partial charge in [-0.2, -0.15) is 5.10 Å². The van der Waals surface area contributed by atoms with Crippen LogP contribution in [0.4, 0.5) is 0 Å². The highest BCUT2D eigenvalue weighted by molar-refractivity contribution is 5.83. The maximum Gasteiger partial charge on any atom is 0.150 e. The SMILES string of the molecule is Cn1cc(CC2CCNCC2=O)cn1. The normalized spacial score (nSPS) is 22.6. The second-order valence-corrected chi connectivity index (χ2v) is 3.86. The zero-order valence-corrected chi connectivity index (χ0v) is 8.36. The molecule has 4 heteroatoms. The summed E-state index contributed by atoms with van der Waals surface area (Å²) >= 11 is 0. The largest absolute Gasteiger partial charge is 0.310 e. The Balaban J connectivity index is 1.99. The fourth-order valence-corrected chi connectivity index (χ4v) is 1.87. The maximum atomic E-state index is 11.5. The number of aryl methyl sites for hydroxylation is 1. The first-order valence-corrected chi connectivity index (χ1v) is 4.96. The molecule has 4 nitrogen and oxygen atoms in total. The monoisotopic (exact) mass is 193 g/mol. The van der Waals surface area contributed by atoms with Crippen molar-refractivity contribution in [2.45, 2.75) is 12.8 Å². The second-order valence-electron chi connectivity index (χ2n) is 3.86. The van der Waals surface area contributed by atoms with Gasteiger partial charge in [-0.25, -0.2) is 0 Å². The first-order chi connectivity index (χ1) is 6.75. The van der Waals surface area contributed by atoms with E-state index in [-0.39, 0.29) is 5.92 Å². The van der Waals surface area contributed by atoms with E-state index in [0.29, 0.717) is 12.3 Å². The molecule has 1 aliphatic heterocycles. The van der Waals surface area contributed by atoms with Gasteiger partial charge in [0.15, 0.2) is 0 Å². The summed E-state index contributed by atoms with van der Waals surface area (Å²) in [5, 5.41) is 7.18. The Morgan fingerprint density at radius 2 is 2.57 bits per heavy atom. The van der Waals surface area contributed by atoms with Crippen molar-refractivity contribution in [3.05, 3.63) is 18.0 Å². The van der Waals surface area contributed by atoms with Crippen molar-refractivity contribution >= 4 is 5.78 Å². The molecule has 0 spiro atoms. The lowest BCUT2D eigenvalue weighted by atomic mass is 9.91. The van der Waals surface area contributed by atoms with E-state index < -0.39 is 0 Å². The molecular formula is C10H15N3O. The molecule has 2 heterocycles. The van der Waals surface area contributed by atoms with Crippen molar-refractivity contribution in [1.29, 1.82) is 0 Å². The number of ketones is 1. The van der Waals surface area contributed by atoms with Gasteiger partial charge in [-0.1, -0.05) is 0 Å². The van der Waals surface area contributed by atoms with Gasteiger partial charge in [0, 0.05) is 19.2 Å². The molecule has 1 unspecified atom stereocenters. The minimum atomic E-state index is 0.195. The molecule has 0 radical (unpaired) electrons. The Labute approximate surface area is 83.3 Å². The molecule has 1 aliphatic rings. The lowest BCUT2D eigenvalue weighted by Crippen LogP contribution is -2.37. The quantitative estimate of drug-likeness (QED) is 0.727. The van der Waals surface area contributed by atoms with Crippen LogP contribution in [0.2, 0.25) is 0 Å². The number of Topliss-reactive ketones (excluding diaryl/α,β-unsaturated/α-hetero) is 1. The number of hydrogen-bond donors (Lipinski definition) is 1. The van der Waals surface area contributed by atoms with Gasteiger partial charge in [0.25, 0.3) is 0 Å². The molecule has 1 atom stereocenters. The lowest BCUT2D eigenvalue weighted by molar-refractivity contribution is -0.123. The molecule has 76 valence electrons. The van der Waals surface area contributed by atoms with Gasteiger partial charge < -0.3 is 5.32 Å². The Hall–Kier alpha value is -1.16. The zero-order valence-electron chi connectivity index (χ0n) is 8.36. The van der Waals surface area contributed by atoms with E-state index >= 15 is 0 Å². The highest BCUT2D eigenvalue weighted by Gasteiger charge is 2.22. The maximum absolute atomic E-state index is 11.5. The zero-order chi connectivity index (χ0) is 9.97. The Morgan fingerprint density at radius 3 is 3.21 bits per heavy atom. The molecule has 2 rings (SSSR count). The second kappa shape index (κ2) is 3.92. The number of carbonyl (C=O) groups excluding carboxylic acids is 1. The van der Waals surface area contributed by atoms with Gasteiger partial charge in [-0.3, -0.25) is 9.48 Å². The van der Waals surface area contributed by atoms with Crippen LogP contribution in [0, 0.1) is 5.92 Å². The minimum Gasteiger partial charge on any atom is -0.310 e. The fraction of sp³-hybridized carbons (Fsp3) is 0.600. The lowest BCUT2D eigenvalue weighted by Gasteiger charge is -2.20. The third-order valence-electron chi connectivity index (χ3n) is 2.66. The summed E-state index contributed by atoms with van der Waals surface area (Å²) in [6.07, 6.45) is 5.62. The van der Waals surface area contributed by atoms with Crippen LogP contribution in [0.5, 0.6) is 0 Å². The summed E-state index contributed by atoms with van der Waals surface area (Å²) in [6.45, 7) is 1.49. The van der Waals surface area contributed by atoms with Gasteiger partial charge in [-0.05, 0) is 24.9 Å². The predicted octanol–water partition coefficient (Wildman–Crippen LogP) is 0.141. The molecule has 1 aromatic rings. The van der Waals surface area contributed by atoms with E-state index in [0.717, 1.165) is 24.9 Å². The number of carbonyl (C=O) groups is 1. The van der Waals surface area contributed by atoms with Crippen LogP contribution < -0.4 is 5.32 Å². The van der Waals surface area contributed by atoms with Crippen molar-refractivity contribution in [2.75, 3.05) is 13.1 Å². The van der Waals surface area contributed by atoms with Crippen LogP contribution in [-0.4, -0.2) is 28.7 Å². The molecule has 0 aromatic carbocycles. The smallest absolute Gasteiger partial charge is 0.150 e. The summed E-state index contributed by atoms with van der Waals surface area (Å²) in [5.41, 5.74) is 1.16. The third kappa shape index (κ3) is 2.01. The van der Waals surface area contributed by atoms with Gasteiger partial charge in [0.2, 0.25) is 0 Å². The fourth-order valence-electron chi connectivity index (χ4n) is 1.87. The number of nitrogens with one attached hydrogen (secondary N) is 1. The minimum absolute atomic E-state index is 0.195. The average Bonchev–Trinajstić information content (AvgIpc) is 2.56. The van der Waals surface area contributed by atoms with Crippen molar-refractivity contribution in [3.63, 3.8) is 0 Å². The Kier molecular flexibility index (Phi) is 2.63. The molecule has 0 saturated carbocycles. The topological polar surface area (TPSA) is 46.9 Å². The molecule has 0 aliphatic carbocycles. The van der Waals surface area contributed by atoms with Crippen molar-refractivity contribution in [3.8, 4) is 0 Å². The van der Waals surface area contributed by atoms with E-state index in [4.69, 9.17) is 0 Å². The standard InChI is InChI=1S/C10H15N3O/c1-13-7-8(5-12-13)4-9-2-3-11-6-10(9)14/h5,7,9,11H,2-4,6H2,1H3. The van der Waals surface area contributed by atoms with E-state index in [1.54, 1.807) is 4.68 Å². The van der Waals surface area contributed by atoms with Gasteiger partial charge in [-0.15, -0.1) is 0 Å². The van der Waals surface area contributed by atoms with Crippen LogP contribution in [0.15, 0.2) is 12.4 Å². The van der Waals surface area contributed by atoms with Crippen LogP contribution in [0.1, 0.15) is 12.0 Å². The van der Waals surface area contributed by atoms with E-state index in [1.165, 1.54) is 0 Å². The van der Waals surface area contributed by atoms with Crippen LogP contribution in [-0.2, 0) is 18.3 Å². The molecule has 1 fully saturated rings. The Bertz CT molecular complexity index is 332. The Morgan fingerprint density at radius 1 is 1.71 bits per heavy atom. The van der Waals surface area contributed by atoms with E-state index in [1.807, 2.05) is 19.4 Å².